The molecule has 2 aromatic carbocycles. The smallest absolute Gasteiger partial charge is 0.248 e. The van der Waals surface area contributed by atoms with Gasteiger partial charge in [0, 0.05) is 13.0 Å². The number of hydrogen-bond donors (Lipinski definition) is 2. The van der Waals surface area contributed by atoms with Gasteiger partial charge < -0.3 is 20.1 Å². The second kappa shape index (κ2) is 10.5. The van der Waals surface area contributed by atoms with Gasteiger partial charge in [0.2, 0.25) is 11.8 Å². The van der Waals surface area contributed by atoms with Crippen molar-refractivity contribution in [2.45, 2.75) is 27.2 Å². The van der Waals surface area contributed by atoms with Crippen molar-refractivity contribution in [3.8, 4) is 11.5 Å². The van der Waals surface area contributed by atoms with E-state index in [0.717, 1.165) is 12.0 Å². The number of anilines is 2. The lowest BCUT2D eigenvalue weighted by Crippen LogP contribution is -2.13. The number of halogens is 1. The minimum atomic E-state index is -0.344. The van der Waals surface area contributed by atoms with Crippen LogP contribution in [0.1, 0.15) is 31.4 Å². The Bertz CT molecular complexity index is 925. The van der Waals surface area contributed by atoms with Crippen LogP contribution in [0.4, 0.5) is 11.4 Å². The topological polar surface area (TPSA) is 76.7 Å². The molecule has 0 aliphatic heterocycles. The van der Waals surface area contributed by atoms with Gasteiger partial charge in [0.05, 0.1) is 30.1 Å². The number of aryl methyl sites for hydroxylation is 1. The molecule has 7 heteroatoms. The molecule has 0 atom stereocenters. The minimum absolute atomic E-state index is 0.216. The Morgan fingerprint density at radius 3 is 2.55 bits per heavy atom. The lowest BCUT2D eigenvalue weighted by molar-refractivity contribution is -0.114. The van der Waals surface area contributed by atoms with E-state index in [0.29, 0.717) is 40.1 Å². The Labute approximate surface area is 175 Å². The standard InChI is InChI=1S/C22H25ClN2O4/c1-5-10-29-22-17(23)12-16(13-20(22)28-4)7-9-21(27)25-19-11-14(2)6-8-18(19)24-15(3)26/h6-9,11-13H,5,10H2,1-4H3,(H,24,26)(H,25,27)/b9-7+. The Morgan fingerprint density at radius 2 is 1.90 bits per heavy atom. The van der Waals surface area contributed by atoms with E-state index in [1.807, 2.05) is 19.9 Å². The maximum atomic E-state index is 12.4. The molecule has 0 aromatic heterocycles. The monoisotopic (exact) mass is 416 g/mol. The van der Waals surface area contributed by atoms with Crippen LogP contribution in [0.3, 0.4) is 0 Å². The highest BCUT2D eigenvalue weighted by molar-refractivity contribution is 6.32. The predicted octanol–water partition coefficient (Wildman–Crippen LogP) is 5.06. The second-order valence-electron chi connectivity index (χ2n) is 6.44. The molecule has 0 spiro atoms. The highest BCUT2D eigenvalue weighted by Gasteiger charge is 2.11. The third-order valence-electron chi connectivity index (χ3n) is 3.87. The lowest BCUT2D eigenvalue weighted by Gasteiger charge is -2.13. The average molecular weight is 417 g/mol. The van der Waals surface area contributed by atoms with Gasteiger partial charge in [-0.3, -0.25) is 9.59 Å². The van der Waals surface area contributed by atoms with Crippen LogP contribution < -0.4 is 20.1 Å². The van der Waals surface area contributed by atoms with Crippen molar-refractivity contribution in [3.63, 3.8) is 0 Å². The highest BCUT2D eigenvalue weighted by atomic mass is 35.5. The van der Waals surface area contributed by atoms with E-state index in [1.54, 1.807) is 30.3 Å². The van der Waals surface area contributed by atoms with Gasteiger partial charge in [-0.15, -0.1) is 0 Å². The van der Waals surface area contributed by atoms with E-state index in [1.165, 1.54) is 20.1 Å². The van der Waals surface area contributed by atoms with Crippen molar-refractivity contribution in [3.05, 3.63) is 52.6 Å². The molecule has 2 aromatic rings. The largest absolute Gasteiger partial charge is 0.493 e. The van der Waals surface area contributed by atoms with Crippen molar-refractivity contribution >= 4 is 40.9 Å². The van der Waals surface area contributed by atoms with Crippen LogP contribution in [0, 0.1) is 6.92 Å². The van der Waals surface area contributed by atoms with Crippen molar-refractivity contribution in [2.24, 2.45) is 0 Å². The van der Waals surface area contributed by atoms with Crippen LogP contribution in [0.2, 0.25) is 5.02 Å². The first kappa shape index (κ1) is 22.3. The molecular formula is C22H25ClN2O4. The molecule has 0 fully saturated rings. The number of ether oxygens (including phenoxy) is 2. The van der Waals surface area contributed by atoms with E-state index in [2.05, 4.69) is 10.6 Å². The third kappa shape index (κ3) is 6.54. The fraction of sp³-hybridized carbons (Fsp3) is 0.273. The van der Waals surface area contributed by atoms with Crippen molar-refractivity contribution < 1.29 is 19.1 Å². The average Bonchev–Trinajstić information content (AvgIpc) is 2.67. The van der Waals surface area contributed by atoms with Gasteiger partial charge in [0.1, 0.15) is 0 Å². The molecule has 154 valence electrons. The zero-order valence-corrected chi connectivity index (χ0v) is 17.7. The fourth-order valence-electron chi connectivity index (χ4n) is 2.59. The number of amides is 2. The molecule has 2 rings (SSSR count). The number of carbonyl (C=O) groups excluding carboxylic acids is 2. The zero-order chi connectivity index (χ0) is 21.4. The summed E-state index contributed by atoms with van der Waals surface area (Å²) in [5, 5.41) is 5.89. The summed E-state index contributed by atoms with van der Waals surface area (Å²) < 4.78 is 11.0. The molecule has 29 heavy (non-hydrogen) atoms. The van der Waals surface area contributed by atoms with E-state index in [-0.39, 0.29) is 11.8 Å². The van der Waals surface area contributed by atoms with Crippen LogP contribution in [-0.2, 0) is 9.59 Å². The summed E-state index contributed by atoms with van der Waals surface area (Å²) in [6.07, 6.45) is 3.86. The summed E-state index contributed by atoms with van der Waals surface area (Å²) in [5.74, 6) is 0.422. The predicted molar refractivity (Wildman–Crippen MR) is 117 cm³/mol. The molecule has 0 unspecified atom stereocenters. The Kier molecular flexibility index (Phi) is 8.09. The van der Waals surface area contributed by atoms with Crippen LogP contribution in [-0.4, -0.2) is 25.5 Å². The van der Waals surface area contributed by atoms with Crippen molar-refractivity contribution in [2.75, 3.05) is 24.4 Å². The van der Waals surface area contributed by atoms with E-state index < -0.39 is 0 Å². The number of nitrogens with one attached hydrogen (secondary N) is 2. The molecule has 0 heterocycles. The molecule has 6 nitrogen and oxygen atoms in total. The fourth-order valence-corrected chi connectivity index (χ4v) is 2.86. The number of methoxy groups -OCH3 is 1. The quantitative estimate of drug-likeness (QED) is 0.590. The van der Waals surface area contributed by atoms with Crippen LogP contribution in [0.5, 0.6) is 11.5 Å². The van der Waals surface area contributed by atoms with Crippen LogP contribution >= 0.6 is 11.6 Å². The van der Waals surface area contributed by atoms with Gasteiger partial charge in [-0.1, -0.05) is 24.6 Å². The van der Waals surface area contributed by atoms with Crippen molar-refractivity contribution in [1.82, 2.24) is 0 Å². The molecule has 0 saturated carbocycles. The first-order valence-corrected chi connectivity index (χ1v) is 9.59. The summed E-state index contributed by atoms with van der Waals surface area (Å²) in [7, 11) is 1.53. The number of hydrogen-bond acceptors (Lipinski definition) is 4. The minimum Gasteiger partial charge on any atom is -0.493 e. The molecular weight excluding hydrogens is 392 g/mol. The number of rotatable bonds is 8. The summed E-state index contributed by atoms with van der Waals surface area (Å²) in [4.78, 5) is 23.7. The highest BCUT2D eigenvalue weighted by Crippen LogP contribution is 2.37. The summed E-state index contributed by atoms with van der Waals surface area (Å²) in [6.45, 7) is 5.85. The van der Waals surface area contributed by atoms with E-state index in [9.17, 15) is 9.59 Å². The van der Waals surface area contributed by atoms with Gasteiger partial charge in [-0.05, 0) is 54.8 Å². The molecule has 0 bridgehead atoms. The Hall–Kier alpha value is -2.99. The number of benzene rings is 2. The molecule has 0 aliphatic carbocycles. The van der Waals surface area contributed by atoms with Gasteiger partial charge >= 0.3 is 0 Å². The normalized spacial score (nSPS) is 10.7. The first-order chi connectivity index (χ1) is 13.8. The van der Waals surface area contributed by atoms with E-state index in [4.69, 9.17) is 21.1 Å². The van der Waals surface area contributed by atoms with Gasteiger partial charge in [0.25, 0.3) is 0 Å². The SMILES string of the molecule is CCCOc1c(Cl)cc(/C=C/C(=O)Nc2cc(C)ccc2NC(C)=O)cc1OC. The van der Waals surface area contributed by atoms with Crippen LogP contribution in [0.25, 0.3) is 6.08 Å². The van der Waals surface area contributed by atoms with E-state index >= 15 is 0 Å². The summed E-state index contributed by atoms with van der Waals surface area (Å²) >= 11 is 6.30. The Morgan fingerprint density at radius 1 is 1.14 bits per heavy atom. The van der Waals surface area contributed by atoms with Gasteiger partial charge in [0.15, 0.2) is 11.5 Å². The summed E-state index contributed by atoms with van der Waals surface area (Å²) in [5.41, 5.74) is 2.70. The molecule has 2 N–H and O–H groups in total. The molecule has 0 saturated heterocycles. The maximum Gasteiger partial charge on any atom is 0.248 e. The molecule has 0 radical (unpaired) electrons. The first-order valence-electron chi connectivity index (χ1n) is 9.21. The Balaban J connectivity index is 2.18. The third-order valence-corrected chi connectivity index (χ3v) is 4.15. The zero-order valence-electron chi connectivity index (χ0n) is 17.0. The van der Waals surface area contributed by atoms with Crippen molar-refractivity contribution in [1.29, 1.82) is 0 Å². The summed E-state index contributed by atoms with van der Waals surface area (Å²) in [6, 6.07) is 8.84. The maximum absolute atomic E-state index is 12.4. The van der Waals surface area contributed by atoms with Gasteiger partial charge in [-0.25, -0.2) is 0 Å². The molecule has 0 aliphatic rings. The molecule has 2 amide bonds. The second-order valence-corrected chi connectivity index (χ2v) is 6.84. The van der Waals surface area contributed by atoms with Crippen LogP contribution in [0.15, 0.2) is 36.4 Å². The lowest BCUT2D eigenvalue weighted by atomic mass is 10.1. The van der Waals surface area contributed by atoms with Gasteiger partial charge in [-0.2, -0.15) is 0 Å². The number of carbonyl (C=O) groups is 2.